The predicted molar refractivity (Wildman–Crippen MR) is 61.5 cm³/mol. The Morgan fingerprint density at radius 3 is 2.47 bits per heavy atom. The minimum atomic E-state index is -4.38. The Labute approximate surface area is 106 Å². The van der Waals surface area contributed by atoms with Crippen molar-refractivity contribution >= 4 is 11.4 Å². The predicted octanol–water partition coefficient (Wildman–Crippen LogP) is 3.80. The fourth-order valence-corrected chi connectivity index (χ4v) is 1.60. The van der Waals surface area contributed by atoms with Crippen molar-refractivity contribution in [3.05, 3.63) is 33.6 Å². The van der Waals surface area contributed by atoms with E-state index in [0.717, 1.165) is 6.07 Å². The molecule has 0 saturated carbocycles. The minimum absolute atomic E-state index is 0.118. The van der Waals surface area contributed by atoms with Crippen molar-refractivity contribution in [1.29, 1.82) is 0 Å². The molecule has 1 atom stereocenters. The molecule has 0 aliphatic rings. The summed E-state index contributed by atoms with van der Waals surface area (Å²) in [7, 11) is 0. The van der Waals surface area contributed by atoms with Crippen LogP contribution in [0.4, 0.5) is 28.9 Å². The van der Waals surface area contributed by atoms with E-state index in [-0.39, 0.29) is 11.3 Å². The van der Waals surface area contributed by atoms with E-state index in [1.54, 1.807) is 0 Å². The number of nitro benzene ring substituents is 1. The van der Waals surface area contributed by atoms with Crippen LogP contribution in [-0.4, -0.2) is 17.1 Å². The molecule has 0 bridgehead atoms. The van der Waals surface area contributed by atoms with Gasteiger partial charge in [-0.15, -0.1) is 0 Å². The van der Waals surface area contributed by atoms with Crippen LogP contribution in [0.1, 0.15) is 18.9 Å². The third-order valence-electron chi connectivity index (χ3n) is 2.41. The van der Waals surface area contributed by atoms with E-state index >= 15 is 0 Å². The molecule has 0 amide bonds. The van der Waals surface area contributed by atoms with Crippen LogP contribution in [0.2, 0.25) is 0 Å². The van der Waals surface area contributed by atoms with Gasteiger partial charge in [0.15, 0.2) is 0 Å². The number of nitro groups is 1. The maximum Gasteiger partial charge on any atom is 0.391 e. The summed E-state index contributed by atoms with van der Waals surface area (Å²) in [5.41, 5.74) is -0.593. The van der Waals surface area contributed by atoms with Gasteiger partial charge in [-0.05, 0) is 25.5 Å². The van der Waals surface area contributed by atoms with Crippen LogP contribution < -0.4 is 5.32 Å². The van der Waals surface area contributed by atoms with Gasteiger partial charge >= 0.3 is 6.18 Å². The highest BCUT2D eigenvalue weighted by atomic mass is 19.4. The molecule has 1 aromatic rings. The molecule has 0 spiro atoms. The summed E-state index contributed by atoms with van der Waals surface area (Å²) in [4.78, 5) is 9.89. The van der Waals surface area contributed by atoms with Gasteiger partial charge in [0, 0.05) is 6.04 Å². The van der Waals surface area contributed by atoms with Gasteiger partial charge in [-0.3, -0.25) is 10.1 Å². The zero-order valence-electron chi connectivity index (χ0n) is 10.2. The lowest BCUT2D eigenvalue weighted by atomic mass is 10.1. The second kappa shape index (κ2) is 5.41. The molecule has 0 aliphatic heterocycles. The minimum Gasteiger partial charge on any atom is -0.377 e. The van der Waals surface area contributed by atoms with Crippen molar-refractivity contribution in [1.82, 2.24) is 0 Å². The number of hydrogen-bond donors (Lipinski definition) is 1. The zero-order valence-corrected chi connectivity index (χ0v) is 10.2. The van der Waals surface area contributed by atoms with E-state index in [9.17, 15) is 27.7 Å². The van der Waals surface area contributed by atoms with Crippen LogP contribution in [0.3, 0.4) is 0 Å². The smallest absolute Gasteiger partial charge is 0.377 e. The Morgan fingerprint density at radius 2 is 2.00 bits per heavy atom. The number of benzene rings is 1. The summed E-state index contributed by atoms with van der Waals surface area (Å²) in [6.07, 6.45) is -5.52. The number of nitrogens with zero attached hydrogens (tertiary/aromatic N) is 1. The number of anilines is 1. The van der Waals surface area contributed by atoms with Gasteiger partial charge < -0.3 is 5.32 Å². The SMILES string of the molecule is Cc1cc(NC(C)CC(F)(F)F)c([N+](=O)[O-])cc1F. The molecule has 0 fully saturated rings. The summed E-state index contributed by atoms with van der Waals surface area (Å²) < 4.78 is 49.7. The standard InChI is InChI=1S/C11H12F4N2O2/c1-6-3-9(10(17(18)19)4-8(6)12)16-7(2)5-11(13,14)15/h3-4,7,16H,5H2,1-2H3. The van der Waals surface area contributed by atoms with Crippen molar-refractivity contribution in [3.8, 4) is 0 Å². The fraction of sp³-hybridized carbons (Fsp3) is 0.455. The van der Waals surface area contributed by atoms with Crippen LogP contribution >= 0.6 is 0 Å². The Balaban J connectivity index is 3.00. The van der Waals surface area contributed by atoms with Crippen molar-refractivity contribution in [2.24, 2.45) is 0 Å². The first-order valence-corrected chi connectivity index (χ1v) is 5.38. The highest BCUT2D eigenvalue weighted by Crippen LogP contribution is 2.30. The van der Waals surface area contributed by atoms with Crippen molar-refractivity contribution < 1.29 is 22.5 Å². The number of aryl methyl sites for hydroxylation is 1. The fourth-order valence-electron chi connectivity index (χ4n) is 1.60. The molecule has 1 N–H and O–H groups in total. The monoisotopic (exact) mass is 280 g/mol. The molecule has 19 heavy (non-hydrogen) atoms. The maximum absolute atomic E-state index is 13.2. The summed E-state index contributed by atoms with van der Waals surface area (Å²) in [5.74, 6) is -0.777. The van der Waals surface area contributed by atoms with Gasteiger partial charge in [0.05, 0.1) is 17.4 Å². The molecule has 106 valence electrons. The molecule has 0 aromatic heterocycles. The molecule has 8 heteroatoms. The molecule has 4 nitrogen and oxygen atoms in total. The highest BCUT2D eigenvalue weighted by molar-refractivity contribution is 5.63. The van der Waals surface area contributed by atoms with Crippen LogP contribution in [0.25, 0.3) is 0 Å². The van der Waals surface area contributed by atoms with Gasteiger partial charge in [0.25, 0.3) is 5.69 Å². The van der Waals surface area contributed by atoms with Crippen molar-refractivity contribution in [3.63, 3.8) is 0 Å². The zero-order chi connectivity index (χ0) is 14.8. The molecule has 1 aromatic carbocycles. The number of rotatable bonds is 4. The van der Waals surface area contributed by atoms with Gasteiger partial charge in [-0.2, -0.15) is 13.2 Å². The van der Waals surface area contributed by atoms with Gasteiger partial charge in [-0.1, -0.05) is 0 Å². The van der Waals surface area contributed by atoms with Crippen LogP contribution in [0.5, 0.6) is 0 Å². The summed E-state index contributed by atoms with van der Waals surface area (Å²) >= 11 is 0. The molecule has 1 rings (SSSR count). The van der Waals surface area contributed by atoms with Gasteiger partial charge in [-0.25, -0.2) is 4.39 Å². The average molecular weight is 280 g/mol. The quantitative estimate of drug-likeness (QED) is 0.518. The third-order valence-corrected chi connectivity index (χ3v) is 2.41. The lowest BCUT2D eigenvalue weighted by molar-refractivity contribution is -0.384. The van der Waals surface area contributed by atoms with E-state index in [1.165, 1.54) is 13.8 Å². The summed E-state index contributed by atoms with van der Waals surface area (Å²) in [6, 6.07) is 0.766. The topological polar surface area (TPSA) is 55.2 Å². The summed E-state index contributed by atoms with van der Waals surface area (Å²) in [6.45, 7) is 2.62. The number of nitrogens with one attached hydrogen (secondary N) is 1. The molecule has 0 saturated heterocycles. The summed E-state index contributed by atoms with van der Waals surface area (Å²) in [5, 5.41) is 13.1. The van der Waals surface area contributed by atoms with E-state index in [2.05, 4.69) is 5.32 Å². The van der Waals surface area contributed by atoms with Crippen molar-refractivity contribution in [2.75, 3.05) is 5.32 Å². The van der Waals surface area contributed by atoms with Crippen LogP contribution in [-0.2, 0) is 0 Å². The van der Waals surface area contributed by atoms with Crippen LogP contribution in [0, 0.1) is 22.9 Å². The molecule has 0 aliphatic carbocycles. The molecule has 0 radical (unpaired) electrons. The lowest BCUT2D eigenvalue weighted by Gasteiger charge is -2.17. The van der Waals surface area contributed by atoms with Crippen molar-refractivity contribution in [2.45, 2.75) is 32.5 Å². The van der Waals surface area contributed by atoms with Crippen LogP contribution in [0.15, 0.2) is 12.1 Å². The van der Waals surface area contributed by atoms with Gasteiger partial charge in [0.1, 0.15) is 11.5 Å². The normalized spacial score (nSPS) is 13.2. The lowest BCUT2D eigenvalue weighted by Crippen LogP contribution is -2.24. The Morgan fingerprint density at radius 1 is 1.42 bits per heavy atom. The first kappa shape index (κ1) is 15.2. The highest BCUT2D eigenvalue weighted by Gasteiger charge is 2.30. The average Bonchev–Trinajstić information content (AvgIpc) is 2.19. The Hall–Kier alpha value is -1.86. The third kappa shape index (κ3) is 4.38. The first-order valence-electron chi connectivity index (χ1n) is 5.38. The number of alkyl halides is 3. The largest absolute Gasteiger partial charge is 0.391 e. The van der Waals surface area contributed by atoms with E-state index in [0.29, 0.717) is 6.07 Å². The first-order chi connectivity index (χ1) is 8.60. The Bertz CT molecular complexity index is 488. The number of hydrogen-bond acceptors (Lipinski definition) is 3. The van der Waals surface area contributed by atoms with E-state index in [1.807, 2.05) is 0 Å². The van der Waals surface area contributed by atoms with E-state index in [4.69, 9.17) is 0 Å². The second-order valence-corrected chi connectivity index (χ2v) is 4.24. The van der Waals surface area contributed by atoms with Gasteiger partial charge in [0.2, 0.25) is 0 Å². The molecular formula is C11H12F4N2O2. The van der Waals surface area contributed by atoms with E-state index < -0.39 is 35.1 Å². The molecule has 1 unspecified atom stereocenters. The molecular weight excluding hydrogens is 268 g/mol. The molecule has 0 heterocycles. The maximum atomic E-state index is 13.2. The Kier molecular flexibility index (Phi) is 4.33. The number of halogens is 4. The second-order valence-electron chi connectivity index (χ2n) is 4.24.